The average molecular weight is 195 g/mol. The van der Waals surface area contributed by atoms with E-state index >= 15 is 0 Å². The standard InChI is InChI=1S/C6H5BrFN/c1-4-2-3-5(7)6(8)9-4/h2-3H,1H3/i1D3,2D,3D. The third-order valence-corrected chi connectivity index (χ3v) is 1.21. The molecule has 0 bridgehead atoms. The molecule has 0 fully saturated rings. The predicted octanol–water partition coefficient (Wildman–Crippen LogP) is 2.29. The van der Waals surface area contributed by atoms with Crippen molar-refractivity contribution in [1.29, 1.82) is 0 Å². The fourth-order valence-electron chi connectivity index (χ4n) is 0.341. The molecule has 0 atom stereocenters. The van der Waals surface area contributed by atoms with Gasteiger partial charge in [-0.2, -0.15) is 4.39 Å². The number of hydrogen-bond acceptors (Lipinski definition) is 1. The summed E-state index contributed by atoms with van der Waals surface area (Å²) in [6, 6.07) is -1.10. The lowest BCUT2D eigenvalue weighted by atomic mass is 10.4. The van der Waals surface area contributed by atoms with E-state index in [4.69, 9.17) is 6.85 Å². The Morgan fingerprint density at radius 2 is 2.67 bits per heavy atom. The van der Waals surface area contributed by atoms with Crippen LogP contribution in [-0.2, 0) is 0 Å². The summed E-state index contributed by atoms with van der Waals surface area (Å²) in [4.78, 5) is 3.12. The molecule has 1 heterocycles. The number of halogens is 2. The van der Waals surface area contributed by atoms with Gasteiger partial charge in [0, 0.05) is 9.81 Å². The van der Waals surface area contributed by atoms with E-state index in [0.717, 1.165) is 0 Å². The number of nitrogens with zero attached hydrogens (tertiary/aromatic N) is 1. The zero-order valence-electron chi connectivity index (χ0n) is 9.20. The van der Waals surface area contributed by atoms with Crippen LogP contribution in [0.25, 0.3) is 0 Å². The highest BCUT2D eigenvalue weighted by atomic mass is 79.9. The number of aromatic nitrogens is 1. The summed E-state index contributed by atoms with van der Waals surface area (Å²) < 4.78 is 48.1. The fraction of sp³-hybridized carbons (Fsp3) is 0.167. The van der Waals surface area contributed by atoms with Gasteiger partial charge in [0.15, 0.2) is 0 Å². The molecule has 0 spiro atoms. The third kappa shape index (κ3) is 1.48. The lowest BCUT2D eigenvalue weighted by molar-refractivity contribution is 0.573. The Morgan fingerprint density at radius 1 is 1.89 bits per heavy atom. The van der Waals surface area contributed by atoms with E-state index in [1.807, 2.05) is 0 Å². The van der Waals surface area contributed by atoms with Gasteiger partial charge in [-0.15, -0.1) is 0 Å². The second-order valence-electron chi connectivity index (χ2n) is 1.32. The van der Waals surface area contributed by atoms with Crippen LogP contribution >= 0.6 is 15.9 Å². The van der Waals surface area contributed by atoms with E-state index in [0.29, 0.717) is 0 Å². The van der Waals surface area contributed by atoms with Gasteiger partial charge in [-0.3, -0.25) is 0 Å². The van der Waals surface area contributed by atoms with Gasteiger partial charge in [-0.1, -0.05) is 0 Å². The van der Waals surface area contributed by atoms with Gasteiger partial charge < -0.3 is 0 Å². The number of rotatable bonds is 0. The van der Waals surface area contributed by atoms with Crippen molar-refractivity contribution in [2.45, 2.75) is 6.85 Å². The molecule has 0 aromatic carbocycles. The quantitative estimate of drug-likeness (QED) is 0.578. The second-order valence-corrected chi connectivity index (χ2v) is 2.11. The van der Waals surface area contributed by atoms with Crippen LogP contribution in [0, 0.1) is 12.8 Å². The fourth-order valence-corrected chi connectivity index (χ4v) is 0.529. The Labute approximate surface area is 68.1 Å². The molecule has 1 rings (SSSR count). The summed E-state index contributed by atoms with van der Waals surface area (Å²) in [7, 11) is 0. The zero-order chi connectivity index (χ0) is 11.1. The first-order valence-electron chi connectivity index (χ1n) is 4.58. The van der Waals surface area contributed by atoms with Crippen LogP contribution in [0.3, 0.4) is 0 Å². The molecule has 0 unspecified atom stereocenters. The van der Waals surface area contributed by atoms with Crippen molar-refractivity contribution in [3.05, 3.63) is 28.2 Å². The van der Waals surface area contributed by atoms with Crippen molar-refractivity contribution in [2.24, 2.45) is 0 Å². The highest BCUT2D eigenvalue weighted by molar-refractivity contribution is 9.10. The molecule has 48 valence electrons. The summed E-state index contributed by atoms with van der Waals surface area (Å²) in [5.74, 6) is -1.09. The van der Waals surface area contributed by atoms with Gasteiger partial charge in [0.05, 0.1) is 7.21 Å². The Bertz CT molecular complexity index is 377. The Kier molecular flexibility index (Phi) is 0.720. The number of hydrogen-bond donors (Lipinski definition) is 0. The average Bonchev–Trinajstić information content (AvgIpc) is 2.06. The Balaban J connectivity index is 3.49. The SMILES string of the molecule is [2H]c1c(C([2H])([2H])[2H])nc(F)c(Br)c1[2H]. The Hall–Kier alpha value is -0.440. The van der Waals surface area contributed by atoms with Crippen molar-refractivity contribution in [3.63, 3.8) is 0 Å². The normalized spacial score (nSPS) is 19.1. The van der Waals surface area contributed by atoms with Crippen molar-refractivity contribution < 1.29 is 11.2 Å². The van der Waals surface area contributed by atoms with E-state index < -0.39 is 30.6 Å². The summed E-state index contributed by atoms with van der Waals surface area (Å²) in [6.07, 6.45) is 0. The molecule has 0 saturated heterocycles. The largest absolute Gasteiger partial charge is 0.227 e. The maximum atomic E-state index is 12.9. The molecule has 1 aromatic rings. The topological polar surface area (TPSA) is 12.9 Å². The molecule has 0 aliphatic carbocycles. The first-order chi connectivity index (χ1) is 6.25. The molecule has 9 heavy (non-hydrogen) atoms. The molecule has 0 saturated carbocycles. The summed E-state index contributed by atoms with van der Waals surface area (Å²) >= 11 is 2.70. The minimum Gasteiger partial charge on any atom is -0.224 e. The molecule has 1 nitrogen and oxygen atoms in total. The van der Waals surface area contributed by atoms with Crippen LogP contribution in [0.4, 0.5) is 4.39 Å². The van der Waals surface area contributed by atoms with Gasteiger partial charge in [0.1, 0.15) is 0 Å². The molecule has 3 heteroatoms. The second kappa shape index (κ2) is 2.43. The highest BCUT2D eigenvalue weighted by Gasteiger charge is 1.96. The summed E-state index contributed by atoms with van der Waals surface area (Å²) in [6.45, 7) is -2.67. The van der Waals surface area contributed by atoms with E-state index in [1.165, 1.54) is 0 Å². The molecule has 0 aliphatic heterocycles. The lowest BCUT2D eigenvalue weighted by Crippen LogP contribution is -1.85. The maximum Gasteiger partial charge on any atom is 0.227 e. The van der Waals surface area contributed by atoms with Gasteiger partial charge in [-0.25, -0.2) is 4.98 Å². The molecule has 0 aliphatic rings. The lowest BCUT2D eigenvalue weighted by Gasteiger charge is -1.92. The van der Waals surface area contributed by atoms with Crippen LogP contribution in [0.1, 0.15) is 12.5 Å². The van der Waals surface area contributed by atoms with Gasteiger partial charge in [0.25, 0.3) is 0 Å². The first-order valence-corrected chi connectivity index (χ1v) is 2.87. The highest BCUT2D eigenvalue weighted by Crippen LogP contribution is 2.11. The van der Waals surface area contributed by atoms with Crippen LogP contribution in [0.2, 0.25) is 0 Å². The van der Waals surface area contributed by atoms with Crippen LogP contribution in [0.5, 0.6) is 0 Å². The zero-order valence-corrected chi connectivity index (χ0v) is 5.79. The maximum absolute atomic E-state index is 12.9. The smallest absolute Gasteiger partial charge is 0.224 e. The van der Waals surface area contributed by atoms with E-state index in [1.54, 1.807) is 0 Å². The third-order valence-electron chi connectivity index (χ3n) is 0.682. The number of pyridine rings is 1. The minimum atomic E-state index is -2.67. The van der Waals surface area contributed by atoms with Crippen molar-refractivity contribution >= 4 is 15.9 Å². The van der Waals surface area contributed by atoms with E-state index in [9.17, 15) is 4.39 Å². The minimum absolute atomic E-state index is 0.296. The molecule has 0 N–H and O–H groups in total. The number of aryl methyl sites for hydroxylation is 1. The van der Waals surface area contributed by atoms with Crippen LogP contribution < -0.4 is 0 Å². The molecular formula is C6H5BrFN. The van der Waals surface area contributed by atoms with Gasteiger partial charge >= 0.3 is 0 Å². The van der Waals surface area contributed by atoms with E-state index in [2.05, 4.69) is 20.9 Å². The molecule has 0 amide bonds. The molecule has 0 radical (unpaired) electrons. The van der Waals surface area contributed by atoms with Crippen molar-refractivity contribution in [2.75, 3.05) is 0 Å². The van der Waals surface area contributed by atoms with E-state index in [-0.39, 0.29) is 4.47 Å². The predicted molar refractivity (Wildman–Crippen MR) is 36.6 cm³/mol. The van der Waals surface area contributed by atoms with Gasteiger partial charge in [-0.05, 0) is 34.9 Å². The van der Waals surface area contributed by atoms with Crippen molar-refractivity contribution in [3.8, 4) is 0 Å². The van der Waals surface area contributed by atoms with Crippen LogP contribution in [0.15, 0.2) is 16.6 Å². The van der Waals surface area contributed by atoms with Crippen LogP contribution in [-0.4, -0.2) is 4.98 Å². The first kappa shape index (κ1) is 2.66. The molecular weight excluding hydrogens is 185 g/mol. The summed E-state index contributed by atoms with van der Waals surface area (Å²) in [5, 5.41) is 0. The van der Waals surface area contributed by atoms with Gasteiger partial charge in [0.2, 0.25) is 5.95 Å². The summed E-state index contributed by atoms with van der Waals surface area (Å²) in [5.41, 5.74) is -0.691. The monoisotopic (exact) mass is 194 g/mol. The van der Waals surface area contributed by atoms with Crippen molar-refractivity contribution in [1.82, 2.24) is 4.98 Å². The Morgan fingerprint density at radius 3 is 3.33 bits per heavy atom. The molecule has 1 aromatic heterocycles.